The van der Waals surface area contributed by atoms with E-state index in [2.05, 4.69) is 10.4 Å². The molecule has 78 valence electrons. The highest BCUT2D eigenvalue weighted by Gasteiger charge is 2.08. The highest BCUT2D eigenvalue weighted by molar-refractivity contribution is 6.32. The maximum absolute atomic E-state index is 11.2. The Labute approximate surface area is 86.7 Å². The van der Waals surface area contributed by atoms with Gasteiger partial charge in [0, 0.05) is 20.1 Å². The van der Waals surface area contributed by atoms with Crippen molar-refractivity contribution in [1.29, 1.82) is 0 Å². The number of nitrogens with one attached hydrogen (secondary N) is 1. The lowest BCUT2D eigenvalue weighted by Gasteiger charge is -2.01. The van der Waals surface area contributed by atoms with Crippen LogP contribution in [0.2, 0.25) is 5.15 Å². The summed E-state index contributed by atoms with van der Waals surface area (Å²) in [6, 6.07) is 0. The topological polar surface area (TPSA) is 67.2 Å². The van der Waals surface area contributed by atoms with E-state index in [0.717, 1.165) is 0 Å². The van der Waals surface area contributed by atoms with Gasteiger partial charge in [0.25, 0.3) is 0 Å². The first-order valence-corrected chi connectivity index (χ1v) is 4.61. The Morgan fingerprint density at radius 3 is 3.00 bits per heavy atom. The number of hydrogen-bond acceptors (Lipinski definition) is 3. The minimum atomic E-state index is -0.172. The largest absolute Gasteiger partial charge is 0.396 e. The molecule has 1 aromatic rings. The van der Waals surface area contributed by atoms with Crippen LogP contribution in [0.4, 0.5) is 5.69 Å². The van der Waals surface area contributed by atoms with Crippen molar-refractivity contribution in [2.45, 2.75) is 12.8 Å². The monoisotopic (exact) mass is 217 g/mol. The van der Waals surface area contributed by atoms with Crippen LogP contribution in [-0.4, -0.2) is 27.4 Å². The van der Waals surface area contributed by atoms with E-state index >= 15 is 0 Å². The van der Waals surface area contributed by atoms with Gasteiger partial charge < -0.3 is 10.4 Å². The number of aryl methyl sites for hydroxylation is 1. The third-order valence-electron chi connectivity index (χ3n) is 1.70. The SMILES string of the molecule is Cn1ncc(NC(=O)CCCO)c1Cl. The van der Waals surface area contributed by atoms with E-state index in [4.69, 9.17) is 16.7 Å². The van der Waals surface area contributed by atoms with Gasteiger partial charge in [-0.25, -0.2) is 0 Å². The number of aliphatic hydroxyl groups excluding tert-OH is 1. The molecule has 0 fully saturated rings. The Kier molecular flexibility index (Phi) is 3.91. The Morgan fingerprint density at radius 1 is 1.79 bits per heavy atom. The highest BCUT2D eigenvalue weighted by Crippen LogP contribution is 2.19. The molecule has 0 aliphatic heterocycles. The summed E-state index contributed by atoms with van der Waals surface area (Å²) in [6.45, 7) is 0.00813. The number of hydrogen-bond donors (Lipinski definition) is 2. The summed E-state index contributed by atoms with van der Waals surface area (Å²) in [5.41, 5.74) is 0.497. The zero-order valence-corrected chi connectivity index (χ0v) is 8.58. The summed E-state index contributed by atoms with van der Waals surface area (Å²) < 4.78 is 1.46. The number of rotatable bonds is 4. The van der Waals surface area contributed by atoms with Crippen LogP contribution in [0, 0.1) is 0 Å². The second-order valence-electron chi connectivity index (χ2n) is 2.85. The molecule has 1 aromatic heterocycles. The molecule has 1 heterocycles. The summed E-state index contributed by atoms with van der Waals surface area (Å²) >= 11 is 5.82. The first-order valence-electron chi connectivity index (χ1n) is 4.23. The average Bonchev–Trinajstić information content (AvgIpc) is 2.46. The van der Waals surface area contributed by atoms with Crippen LogP contribution >= 0.6 is 11.6 Å². The van der Waals surface area contributed by atoms with Crippen LogP contribution in [0.1, 0.15) is 12.8 Å². The van der Waals surface area contributed by atoms with Crippen LogP contribution < -0.4 is 5.32 Å². The molecule has 2 N–H and O–H groups in total. The van der Waals surface area contributed by atoms with Crippen LogP contribution in [0.3, 0.4) is 0 Å². The number of amides is 1. The Morgan fingerprint density at radius 2 is 2.50 bits per heavy atom. The standard InChI is InChI=1S/C8H12ClN3O2/c1-12-8(9)6(5-10-12)11-7(14)3-2-4-13/h5,13H,2-4H2,1H3,(H,11,14). The normalized spacial score (nSPS) is 10.2. The summed E-state index contributed by atoms with van der Waals surface area (Å²) in [5.74, 6) is -0.172. The maximum Gasteiger partial charge on any atom is 0.224 e. The predicted molar refractivity (Wildman–Crippen MR) is 53.2 cm³/mol. The van der Waals surface area contributed by atoms with E-state index in [0.29, 0.717) is 17.3 Å². The van der Waals surface area contributed by atoms with Crippen molar-refractivity contribution in [3.05, 3.63) is 11.3 Å². The first-order chi connectivity index (χ1) is 6.65. The quantitative estimate of drug-likeness (QED) is 0.784. The smallest absolute Gasteiger partial charge is 0.224 e. The number of carbonyl (C=O) groups excluding carboxylic acids is 1. The van der Waals surface area contributed by atoms with Crippen molar-refractivity contribution in [3.8, 4) is 0 Å². The molecule has 14 heavy (non-hydrogen) atoms. The van der Waals surface area contributed by atoms with E-state index < -0.39 is 0 Å². The second-order valence-corrected chi connectivity index (χ2v) is 3.21. The molecule has 0 aliphatic rings. The molecule has 0 aromatic carbocycles. The minimum absolute atomic E-state index is 0.00813. The fraction of sp³-hybridized carbons (Fsp3) is 0.500. The summed E-state index contributed by atoms with van der Waals surface area (Å²) in [7, 11) is 1.69. The molecule has 0 unspecified atom stereocenters. The van der Waals surface area contributed by atoms with Crippen molar-refractivity contribution in [2.75, 3.05) is 11.9 Å². The van der Waals surface area contributed by atoms with Crippen LogP contribution in [0.5, 0.6) is 0 Å². The van der Waals surface area contributed by atoms with Gasteiger partial charge in [-0.2, -0.15) is 5.10 Å². The number of anilines is 1. The van der Waals surface area contributed by atoms with Gasteiger partial charge >= 0.3 is 0 Å². The Bertz CT molecular complexity index is 324. The molecule has 0 saturated carbocycles. The highest BCUT2D eigenvalue weighted by atomic mass is 35.5. The van der Waals surface area contributed by atoms with E-state index in [1.54, 1.807) is 7.05 Å². The van der Waals surface area contributed by atoms with Gasteiger partial charge in [-0.15, -0.1) is 0 Å². The Hall–Kier alpha value is -1.07. The Balaban J connectivity index is 2.52. The van der Waals surface area contributed by atoms with Gasteiger partial charge in [0.05, 0.1) is 11.9 Å². The van der Waals surface area contributed by atoms with Crippen molar-refractivity contribution >= 4 is 23.2 Å². The lowest BCUT2D eigenvalue weighted by Crippen LogP contribution is -2.11. The van der Waals surface area contributed by atoms with Gasteiger partial charge in [0.15, 0.2) is 0 Å². The fourth-order valence-electron chi connectivity index (χ4n) is 0.959. The summed E-state index contributed by atoms with van der Waals surface area (Å²) in [6.07, 6.45) is 2.21. The molecular weight excluding hydrogens is 206 g/mol. The zero-order valence-electron chi connectivity index (χ0n) is 7.83. The molecule has 6 heteroatoms. The van der Waals surface area contributed by atoms with E-state index in [1.165, 1.54) is 10.9 Å². The zero-order chi connectivity index (χ0) is 10.6. The second kappa shape index (κ2) is 4.97. The van der Waals surface area contributed by atoms with Gasteiger partial charge in [-0.1, -0.05) is 11.6 Å². The number of nitrogens with zero attached hydrogens (tertiary/aromatic N) is 2. The lowest BCUT2D eigenvalue weighted by atomic mass is 10.3. The number of aromatic nitrogens is 2. The number of carbonyl (C=O) groups is 1. The first kappa shape index (κ1) is 11.0. The lowest BCUT2D eigenvalue weighted by molar-refractivity contribution is -0.116. The molecule has 1 amide bonds. The summed E-state index contributed by atoms with van der Waals surface area (Å²) in [5, 5.41) is 15.4. The third-order valence-corrected chi connectivity index (χ3v) is 2.15. The molecule has 5 nitrogen and oxygen atoms in total. The van der Waals surface area contributed by atoms with Crippen LogP contribution in [0.25, 0.3) is 0 Å². The van der Waals surface area contributed by atoms with E-state index in [1.807, 2.05) is 0 Å². The van der Waals surface area contributed by atoms with Crippen molar-refractivity contribution in [2.24, 2.45) is 7.05 Å². The van der Waals surface area contributed by atoms with Crippen molar-refractivity contribution in [1.82, 2.24) is 9.78 Å². The maximum atomic E-state index is 11.2. The van der Waals surface area contributed by atoms with Crippen molar-refractivity contribution < 1.29 is 9.90 Å². The fourth-order valence-corrected chi connectivity index (χ4v) is 1.10. The molecule has 0 aliphatic carbocycles. The van der Waals surface area contributed by atoms with Crippen LogP contribution in [0.15, 0.2) is 6.20 Å². The van der Waals surface area contributed by atoms with Gasteiger partial charge in [0.2, 0.25) is 5.91 Å². The van der Waals surface area contributed by atoms with E-state index in [9.17, 15) is 4.79 Å². The average molecular weight is 218 g/mol. The summed E-state index contributed by atoms with van der Waals surface area (Å²) in [4.78, 5) is 11.2. The molecule has 0 atom stereocenters. The van der Waals surface area contributed by atoms with Gasteiger partial charge in [-0.05, 0) is 6.42 Å². The number of aliphatic hydroxyl groups is 1. The van der Waals surface area contributed by atoms with Gasteiger partial charge in [0.1, 0.15) is 5.15 Å². The molecule has 1 rings (SSSR count). The van der Waals surface area contributed by atoms with E-state index in [-0.39, 0.29) is 18.9 Å². The molecule has 0 radical (unpaired) electrons. The van der Waals surface area contributed by atoms with Crippen molar-refractivity contribution in [3.63, 3.8) is 0 Å². The molecule has 0 spiro atoms. The third kappa shape index (κ3) is 2.71. The molecule has 0 saturated heterocycles. The van der Waals surface area contributed by atoms with Crippen LogP contribution in [-0.2, 0) is 11.8 Å². The predicted octanol–water partition coefficient (Wildman–Crippen LogP) is 0.784. The molecular formula is C8H12ClN3O2. The number of halogens is 1. The van der Waals surface area contributed by atoms with Gasteiger partial charge in [-0.3, -0.25) is 9.48 Å². The molecule has 0 bridgehead atoms. The minimum Gasteiger partial charge on any atom is -0.396 e.